The fraction of sp³-hybridized carbons (Fsp3) is 0.190. The SMILES string of the molecule is COC(=O)c1ccc(/C=C/C(=O)OCC(=O)NCc2ccc(C)cc2)cc1. The zero-order chi connectivity index (χ0) is 19.6. The Morgan fingerprint density at radius 2 is 1.67 bits per heavy atom. The van der Waals surface area contributed by atoms with Crippen molar-refractivity contribution < 1.29 is 23.9 Å². The van der Waals surface area contributed by atoms with E-state index in [2.05, 4.69) is 10.1 Å². The Balaban J connectivity index is 1.74. The monoisotopic (exact) mass is 367 g/mol. The number of hydrogen-bond acceptors (Lipinski definition) is 5. The number of hydrogen-bond donors (Lipinski definition) is 1. The molecule has 0 atom stereocenters. The van der Waals surface area contributed by atoms with Gasteiger partial charge in [0, 0.05) is 12.6 Å². The third kappa shape index (κ3) is 6.78. The Morgan fingerprint density at radius 1 is 1.00 bits per heavy atom. The van der Waals surface area contributed by atoms with Crippen LogP contribution in [-0.4, -0.2) is 31.6 Å². The quantitative estimate of drug-likeness (QED) is 0.601. The number of esters is 2. The number of carbonyl (C=O) groups is 3. The summed E-state index contributed by atoms with van der Waals surface area (Å²) in [6.07, 6.45) is 2.76. The second-order valence-corrected chi connectivity index (χ2v) is 5.82. The van der Waals surface area contributed by atoms with E-state index >= 15 is 0 Å². The normalized spacial score (nSPS) is 10.4. The van der Waals surface area contributed by atoms with Crippen molar-refractivity contribution >= 4 is 23.9 Å². The Kier molecular flexibility index (Phi) is 7.31. The van der Waals surface area contributed by atoms with Crippen LogP contribution in [0.5, 0.6) is 0 Å². The second-order valence-electron chi connectivity index (χ2n) is 5.82. The molecule has 2 aromatic rings. The Labute approximate surface area is 157 Å². The standard InChI is InChI=1S/C21H21NO5/c1-15-3-5-17(6-4-15)13-22-19(23)14-27-20(24)12-9-16-7-10-18(11-8-16)21(25)26-2/h3-12H,13-14H2,1-2H3,(H,22,23)/b12-9+. The van der Waals surface area contributed by atoms with Crippen LogP contribution in [0.1, 0.15) is 27.0 Å². The fourth-order valence-electron chi connectivity index (χ4n) is 2.15. The van der Waals surface area contributed by atoms with Crippen molar-refractivity contribution in [1.82, 2.24) is 5.32 Å². The Morgan fingerprint density at radius 3 is 2.30 bits per heavy atom. The van der Waals surface area contributed by atoms with Crippen LogP contribution in [0.4, 0.5) is 0 Å². The van der Waals surface area contributed by atoms with Gasteiger partial charge in [-0.3, -0.25) is 4.79 Å². The molecule has 0 aliphatic rings. The number of methoxy groups -OCH3 is 1. The maximum absolute atomic E-state index is 11.7. The van der Waals surface area contributed by atoms with Crippen molar-refractivity contribution in [3.63, 3.8) is 0 Å². The summed E-state index contributed by atoms with van der Waals surface area (Å²) in [7, 11) is 1.31. The number of nitrogens with one attached hydrogen (secondary N) is 1. The van der Waals surface area contributed by atoms with Gasteiger partial charge in [0.1, 0.15) is 0 Å². The van der Waals surface area contributed by atoms with E-state index in [4.69, 9.17) is 4.74 Å². The maximum Gasteiger partial charge on any atom is 0.337 e. The first-order chi connectivity index (χ1) is 13.0. The lowest BCUT2D eigenvalue weighted by molar-refractivity contribution is -0.143. The van der Waals surface area contributed by atoms with Crippen LogP contribution < -0.4 is 5.32 Å². The van der Waals surface area contributed by atoms with Gasteiger partial charge in [-0.15, -0.1) is 0 Å². The molecule has 6 nitrogen and oxygen atoms in total. The van der Waals surface area contributed by atoms with Crippen molar-refractivity contribution in [1.29, 1.82) is 0 Å². The van der Waals surface area contributed by atoms with Gasteiger partial charge in [-0.25, -0.2) is 9.59 Å². The number of ether oxygens (including phenoxy) is 2. The summed E-state index contributed by atoms with van der Waals surface area (Å²) in [5.41, 5.74) is 3.24. The van der Waals surface area contributed by atoms with Gasteiger partial charge in [0.05, 0.1) is 12.7 Å². The van der Waals surface area contributed by atoms with E-state index in [1.54, 1.807) is 24.3 Å². The van der Waals surface area contributed by atoms with Gasteiger partial charge in [-0.2, -0.15) is 0 Å². The van der Waals surface area contributed by atoms with E-state index in [-0.39, 0.29) is 12.5 Å². The predicted molar refractivity (Wildman–Crippen MR) is 101 cm³/mol. The van der Waals surface area contributed by atoms with E-state index in [0.29, 0.717) is 17.7 Å². The second kappa shape index (κ2) is 9.91. The van der Waals surface area contributed by atoms with Crippen LogP contribution in [0.2, 0.25) is 0 Å². The van der Waals surface area contributed by atoms with Crippen LogP contribution in [0.3, 0.4) is 0 Å². The van der Waals surface area contributed by atoms with Crippen molar-refractivity contribution in [2.24, 2.45) is 0 Å². The third-order valence-electron chi connectivity index (χ3n) is 3.70. The van der Waals surface area contributed by atoms with Gasteiger partial charge in [-0.05, 0) is 36.3 Å². The minimum absolute atomic E-state index is 0.351. The van der Waals surface area contributed by atoms with Gasteiger partial charge in [0.2, 0.25) is 0 Å². The lowest BCUT2D eigenvalue weighted by atomic mass is 10.1. The maximum atomic E-state index is 11.7. The van der Waals surface area contributed by atoms with Crippen LogP contribution in [-0.2, 0) is 25.6 Å². The smallest absolute Gasteiger partial charge is 0.337 e. The average molecular weight is 367 g/mol. The minimum Gasteiger partial charge on any atom is -0.465 e. The summed E-state index contributed by atoms with van der Waals surface area (Å²) in [4.78, 5) is 34.8. The van der Waals surface area contributed by atoms with Gasteiger partial charge < -0.3 is 14.8 Å². The lowest BCUT2D eigenvalue weighted by Gasteiger charge is -2.06. The molecule has 0 heterocycles. The molecular weight excluding hydrogens is 346 g/mol. The van der Waals surface area contributed by atoms with Crippen LogP contribution in [0.15, 0.2) is 54.6 Å². The molecule has 0 saturated heterocycles. The molecule has 0 saturated carbocycles. The predicted octanol–water partition coefficient (Wildman–Crippen LogP) is 2.65. The Hall–Kier alpha value is -3.41. The number of benzene rings is 2. The van der Waals surface area contributed by atoms with Gasteiger partial charge >= 0.3 is 11.9 Å². The highest BCUT2D eigenvalue weighted by Crippen LogP contribution is 2.07. The average Bonchev–Trinajstić information content (AvgIpc) is 2.70. The first kappa shape index (κ1) is 19.9. The number of rotatable bonds is 7. The lowest BCUT2D eigenvalue weighted by Crippen LogP contribution is -2.28. The van der Waals surface area contributed by atoms with E-state index in [0.717, 1.165) is 11.1 Å². The number of amides is 1. The minimum atomic E-state index is -0.627. The summed E-state index contributed by atoms with van der Waals surface area (Å²) >= 11 is 0. The molecule has 0 aromatic heterocycles. The van der Waals surface area contributed by atoms with Crippen molar-refractivity contribution in [3.8, 4) is 0 Å². The highest BCUT2D eigenvalue weighted by atomic mass is 16.5. The molecule has 1 amide bonds. The molecule has 0 aliphatic carbocycles. The third-order valence-corrected chi connectivity index (χ3v) is 3.70. The molecule has 0 radical (unpaired) electrons. The van der Waals surface area contributed by atoms with Gasteiger partial charge in [-0.1, -0.05) is 42.0 Å². The summed E-state index contributed by atoms with van der Waals surface area (Å²) in [5.74, 6) is -1.43. The van der Waals surface area contributed by atoms with E-state index < -0.39 is 11.9 Å². The highest BCUT2D eigenvalue weighted by molar-refractivity contribution is 5.91. The molecule has 2 aromatic carbocycles. The van der Waals surface area contributed by atoms with Crippen molar-refractivity contribution in [3.05, 3.63) is 76.9 Å². The molecule has 0 spiro atoms. The van der Waals surface area contributed by atoms with Crippen molar-refractivity contribution in [2.75, 3.05) is 13.7 Å². The van der Waals surface area contributed by atoms with Crippen LogP contribution in [0.25, 0.3) is 6.08 Å². The van der Waals surface area contributed by atoms with Gasteiger partial charge in [0.15, 0.2) is 6.61 Å². The Bertz CT molecular complexity index is 823. The molecule has 0 fully saturated rings. The topological polar surface area (TPSA) is 81.7 Å². The zero-order valence-electron chi connectivity index (χ0n) is 15.2. The molecule has 2 rings (SSSR count). The molecule has 140 valence electrons. The van der Waals surface area contributed by atoms with Gasteiger partial charge in [0.25, 0.3) is 5.91 Å². The van der Waals surface area contributed by atoms with Crippen LogP contribution >= 0.6 is 0 Å². The van der Waals surface area contributed by atoms with E-state index in [1.807, 2.05) is 31.2 Å². The summed E-state index contributed by atoms with van der Waals surface area (Å²) < 4.78 is 9.51. The highest BCUT2D eigenvalue weighted by Gasteiger charge is 2.06. The molecule has 0 unspecified atom stereocenters. The van der Waals surface area contributed by atoms with E-state index in [1.165, 1.54) is 19.3 Å². The molecule has 27 heavy (non-hydrogen) atoms. The number of aryl methyl sites for hydroxylation is 1. The molecule has 6 heteroatoms. The summed E-state index contributed by atoms with van der Waals surface area (Å²) in [5, 5.41) is 2.69. The largest absolute Gasteiger partial charge is 0.465 e. The molecular formula is C21H21NO5. The fourth-order valence-corrected chi connectivity index (χ4v) is 2.15. The molecule has 0 bridgehead atoms. The van der Waals surface area contributed by atoms with Crippen molar-refractivity contribution in [2.45, 2.75) is 13.5 Å². The summed E-state index contributed by atoms with van der Waals surface area (Å²) in [6.45, 7) is 2.01. The first-order valence-electron chi connectivity index (χ1n) is 8.33. The summed E-state index contributed by atoms with van der Waals surface area (Å²) in [6, 6.07) is 14.3. The number of carbonyl (C=O) groups excluding carboxylic acids is 3. The molecule has 0 aliphatic heterocycles. The zero-order valence-corrected chi connectivity index (χ0v) is 15.2. The van der Waals surface area contributed by atoms with Crippen LogP contribution in [0, 0.1) is 6.92 Å². The molecule has 1 N–H and O–H groups in total. The first-order valence-corrected chi connectivity index (χ1v) is 8.33. The van der Waals surface area contributed by atoms with E-state index in [9.17, 15) is 14.4 Å².